The Kier molecular flexibility index (Phi) is 4.31. The Balaban J connectivity index is 1.94. The Labute approximate surface area is 116 Å². The highest BCUT2D eigenvalue weighted by molar-refractivity contribution is 7.80. The van der Waals surface area contributed by atoms with E-state index in [0.29, 0.717) is 5.69 Å². The summed E-state index contributed by atoms with van der Waals surface area (Å²) >= 11 is 4.73. The predicted octanol–water partition coefficient (Wildman–Crippen LogP) is 1.49. The largest absolute Gasteiger partial charge is 0.389 e. The van der Waals surface area contributed by atoms with Crippen molar-refractivity contribution in [2.45, 2.75) is 12.8 Å². The number of nitrogens with zero attached hydrogens (tertiary/aromatic N) is 1. The molecule has 1 aromatic rings. The van der Waals surface area contributed by atoms with Gasteiger partial charge in [0.2, 0.25) is 5.91 Å². The van der Waals surface area contributed by atoms with Gasteiger partial charge in [0.1, 0.15) is 10.8 Å². The molecular weight excluding hydrogens is 265 g/mol. The molecule has 1 fully saturated rings. The van der Waals surface area contributed by atoms with Crippen molar-refractivity contribution < 1.29 is 9.18 Å². The second-order valence-electron chi connectivity index (χ2n) is 4.50. The lowest BCUT2D eigenvalue weighted by molar-refractivity contribution is -0.128. The number of carbonyl (C=O) groups is 1. The molecule has 0 spiro atoms. The zero-order valence-electron chi connectivity index (χ0n) is 10.5. The highest BCUT2D eigenvalue weighted by Crippen LogP contribution is 2.15. The molecular formula is C13H16FN3OS. The second-order valence-corrected chi connectivity index (χ2v) is 4.94. The van der Waals surface area contributed by atoms with Crippen molar-refractivity contribution in [1.82, 2.24) is 4.90 Å². The van der Waals surface area contributed by atoms with Gasteiger partial charge in [-0.2, -0.15) is 0 Å². The maximum atomic E-state index is 13.6. The average molecular weight is 281 g/mol. The minimum atomic E-state index is -0.480. The first-order valence-electron chi connectivity index (χ1n) is 6.19. The Morgan fingerprint density at radius 2 is 2.11 bits per heavy atom. The van der Waals surface area contributed by atoms with Gasteiger partial charge in [-0.15, -0.1) is 0 Å². The van der Waals surface area contributed by atoms with Crippen molar-refractivity contribution in [3.63, 3.8) is 0 Å². The van der Waals surface area contributed by atoms with Crippen LogP contribution in [0.2, 0.25) is 0 Å². The highest BCUT2D eigenvalue weighted by Gasteiger charge is 2.17. The number of thiocarbonyl (C=S) groups is 1. The summed E-state index contributed by atoms with van der Waals surface area (Å²) in [6.45, 7) is 1.80. The van der Waals surface area contributed by atoms with E-state index in [9.17, 15) is 9.18 Å². The lowest BCUT2D eigenvalue weighted by atomic mass is 10.2. The van der Waals surface area contributed by atoms with Gasteiger partial charge in [0, 0.05) is 24.3 Å². The van der Waals surface area contributed by atoms with Gasteiger partial charge in [-0.25, -0.2) is 4.39 Å². The summed E-state index contributed by atoms with van der Waals surface area (Å²) < 4.78 is 13.6. The van der Waals surface area contributed by atoms with E-state index < -0.39 is 5.82 Å². The molecule has 1 aromatic carbocycles. The summed E-state index contributed by atoms with van der Waals surface area (Å²) in [5, 5.41) is 2.91. The van der Waals surface area contributed by atoms with E-state index in [0.717, 1.165) is 25.9 Å². The number of benzene rings is 1. The topological polar surface area (TPSA) is 58.4 Å². The number of hydrogen-bond acceptors (Lipinski definition) is 3. The van der Waals surface area contributed by atoms with Crippen molar-refractivity contribution in [3.8, 4) is 0 Å². The normalized spacial score (nSPS) is 14.5. The summed E-state index contributed by atoms with van der Waals surface area (Å²) in [7, 11) is 0. The molecule has 1 saturated heterocycles. The molecule has 0 aliphatic carbocycles. The molecule has 0 unspecified atom stereocenters. The first-order valence-corrected chi connectivity index (χ1v) is 6.60. The number of nitrogens with one attached hydrogen (secondary N) is 1. The molecule has 0 radical (unpaired) electrons. The van der Waals surface area contributed by atoms with Crippen LogP contribution in [-0.4, -0.2) is 35.4 Å². The number of amides is 1. The van der Waals surface area contributed by atoms with Gasteiger partial charge in [-0.3, -0.25) is 4.79 Å². The first-order chi connectivity index (χ1) is 9.08. The second kappa shape index (κ2) is 5.97. The van der Waals surface area contributed by atoms with Crippen molar-refractivity contribution in [3.05, 3.63) is 29.6 Å². The van der Waals surface area contributed by atoms with E-state index in [1.807, 2.05) is 4.90 Å². The molecule has 0 saturated carbocycles. The van der Waals surface area contributed by atoms with Crippen LogP contribution < -0.4 is 11.1 Å². The van der Waals surface area contributed by atoms with Gasteiger partial charge in [0.25, 0.3) is 0 Å². The summed E-state index contributed by atoms with van der Waals surface area (Å²) in [4.78, 5) is 13.6. The molecule has 3 N–H and O–H groups in total. The molecule has 19 heavy (non-hydrogen) atoms. The number of carbonyl (C=O) groups excluding carboxylic acids is 1. The van der Waals surface area contributed by atoms with Crippen LogP contribution >= 0.6 is 12.2 Å². The molecule has 1 heterocycles. The fourth-order valence-corrected chi connectivity index (χ4v) is 2.25. The maximum absolute atomic E-state index is 13.6. The van der Waals surface area contributed by atoms with Crippen LogP contribution in [0.5, 0.6) is 0 Å². The van der Waals surface area contributed by atoms with Gasteiger partial charge in [-0.1, -0.05) is 12.2 Å². The van der Waals surface area contributed by atoms with Crippen molar-refractivity contribution in [1.29, 1.82) is 0 Å². The Hall–Kier alpha value is -1.69. The van der Waals surface area contributed by atoms with Crippen LogP contribution in [0.4, 0.5) is 10.1 Å². The predicted molar refractivity (Wildman–Crippen MR) is 76.6 cm³/mol. The van der Waals surface area contributed by atoms with Crippen LogP contribution in [0, 0.1) is 5.82 Å². The average Bonchev–Trinajstić information content (AvgIpc) is 2.89. The number of halogens is 1. The summed E-state index contributed by atoms with van der Waals surface area (Å²) in [6.07, 6.45) is 2.12. The van der Waals surface area contributed by atoms with E-state index in [1.54, 1.807) is 6.07 Å². The number of nitrogens with two attached hydrogens (primary N) is 1. The maximum Gasteiger partial charge on any atom is 0.241 e. The lowest BCUT2D eigenvalue weighted by Crippen LogP contribution is -2.33. The molecule has 0 aromatic heterocycles. The molecule has 102 valence electrons. The van der Waals surface area contributed by atoms with E-state index in [4.69, 9.17) is 18.0 Å². The Morgan fingerprint density at radius 1 is 1.42 bits per heavy atom. The van der Waals surface area contributed by atoms with Crippen molar-refractivity contribution in [2.75, 3.05) is 25.0 Å². The number of rotatable bonds is 4. The Bertz CT molecular complexity index is 501. The minimum Gasteiger partial charge on any atom is -0.389 e. The van der Waals surface area contributed by atoms with Crippen LogP contribution in [0.25, 0.3) is 0 Å². The molecule has 4 nitrogen and oxygen atoms in total. The van der Waals surface area contributed by atoms with Crippen molar-refractivity contribution >= 4 is 28.8 Å². The van der Waals surface area contributed by atoms with Gasteiger partial charge in [0.05, 0.1) is 6.54 Å². The summed E-state index contributed by atoms with van der Waals surface area (Å²) in [6, 6.07) is 4.47. The zero-order chi connectivity index (χ0) is 13.8. The number of anilines is 1. The molecule has 0 atom stereocenters. The van der Waals surface area contributed by atoms with Crippen molar-refractivity contribution in [2.24, 2.45) is 5.73 Å². The Morgan fingerprint density at radius 3 is 2.68 bits per heavy atom. The molecule has 6 heteroatoms. The summed E-state index contributed by atoms with van der Waals surface area (Å²) in [5.41, 5.74) is 6.14. The quantitative estimate of drug-likeness (QED) is 0.821. The number of likely N-dealkylation sites (tertiary alicyclic amines) is 1. The van der Waals surface area contributed by atoms with E-state index in [2.05, 4.69) is 5.32 Å². The SMILES string of the molecule is NC(=S)c1ccc(NCC(=O)N2CCCC2)cc1F. The molecule has 0 bridgehead atoms. The fraction of sp³-hybridized carbons (Fsp3) is 0.385. The third-order valence-electron chi connectivity index (χ3n) is 3.14. The fourth-order valence-electron chi connectivity index (χ4n) is 2.08. The highest BCUT2D eigenvalue weighted by atomic mass is 32.1. The van der Waals surface area contributed by atoms with E-state index >= 15 is 0 Å². The lowest BCUT2D eigenvalue weighted by Gasteiger charge is -2.16. The van der Waals surface area contributed by atoms with Crippen LogP contribution in [0.3, 0.4) is 0 Å². The minimum absolute atomic E-state index is 0.0252. The molecule has 1 aliphatic heterocycles. The third kappa shape index (κ3) is 3.41. The number of hydrogen-bond donors (Lipinski definition) is 2. The van der Waals surface area contributed by atoms with Crippen LogP contribution in [-0.2, 0) is 4.79 Å². The van der Waals surface area contributed by atoms with Gasteiger partial charge >= 0.3 is 0 Å². The third-order valence-corrected chi connectivity index (χ3v) is 3.36. The smallest absolute Gasteiger partial charge is 0.241 e. The van der Waals surface area contributed by atoms with E-state index in [1.165, 1.54) is 12.1 Å². The summed E-state index contributed by atoms with van der Waals surface area (Å²) in [5.74, 6) is -0.442. The zero-order valence-corrected chi connectivity index (χ0v) is 11.3. The molecule has 2 rings (SSSR count). The van der Waals surface area contributed by atoms with Crippen LogP contribution in [0.15, 0.2) is 18.2 Å². The van der Waals surface area contributed by atoms with Crippen LogP contribution in [0.1, 0.15) is 18.4 Å². The molecule has 1 aliphatic rings. The van der Waals surface area contributed by atoms with Gasteiger partial charge in [-0.05, 0) is 31.0 Å². The standard InChI is InChI=1S/C13H16FN3OS/c14-11-7-9(3-4-10(11)13(15)19)16-8-12(18)17-5-1-2-6-17/h3-4,7,16H,1-2,5-6,8H2,(H2,15,19). The van der Waals surface area contributed by atoms with Gasteiger partial charge in [0.15, 0.2) is 0 Å². The monoisotopic (exact) mass is 281 g/mol. The molecule has 1 amide bonds. The van der Waals surface area contributed by atoms with Gasteiger partial charge < -0.3 is 16.0 Å². The van der Waals surface area contributed by atoms with E-state index in [-0.39, 0.29) is 23.0 Å². The first kappa shape index (κ1) is 13.7.